The molecule has 0 spiro atoms. The van der Waals surface area contributed by atoms with Crippen molar-refractivity contribution in [2.24, 2.45) is 5.92 Å². The van der Waals surface area contributed by atoms with Gasteiger partial charge in [0.2, 0.25) is 0 Å². The molecule has 1 fully saturated rings. The molecule has 130 valence electrons. The SMILES string of the molecule is CC1=C[C@H](O/C=C2/C(=O)O[C@@H]3c4c(ccc(C)c4C)[C@H](O)[C@H]23)OC1=O. The number of carbonyl (C=O) groups is 2. The van der Waals surface area contributed by atoms with Crippen LogP contribution in [0.3, 0.4) is 0 Å². The Morgan fingerprint density at radius 2 is 1.88 bits per heavy atom. The summed E-state index contributed by atoms with van der Waals surface area (Å²) in [4.78, 5) is 23.6. The van der Waals surface area contributed by atoms with Gasteiger partial charge in [0, 0.05) is 17.2 Å². The summed E-state index contributed by atoms with van der Waals surface area (Å²) in [5.41, 5.74) is 4.45. The van der Waals surface area contributed by atoms with E-state index in [9.17, 15) is 14.7 Å². The number of fused-ring (bicyclic) bond motifs is 3. The van der Waals surface area contributed by atoms with Crippen molar-refractivity contribution in [3.63, 3.8) is 0 Å². The number of rotatable bonds is 2. The normalized spacial score (nSPS) is 31.5. The Kier molecular flexibility index (Phi) is 3.47. The summed E-state index contributed by atoms with van der Waals surface area (Å²) in [7, 11) is 0. The van der Waals surface area contributed by atoms with Gasteiger partial charge in [-0.2, -0.15) is 0 Å². The van der Waals surface area contributed by atoms with E-state index in [1.807, 2.05) is 26.0 Å². The Bertz CT molecular complexity index is 850. The molecule has 2 heterocycles. The standard InChI is InChI=1S/C19H18O6/c1-8-4-5-11-14(10(8)3)17-15(16(11)20)12(19(22)25-17)7-23-13-6-9(2)18(21)24-13/h4-7,13,15-17,20H,1-3H3/b12-7+/t13-,15+,16+,17-/m1/s1. The lowest BCUT2D eigenvalue weighted by Crippen LogP contribution is -2.14. The molecule has 0 radical (unpaired) electrons. The van der Waals surface area contributed by atoms with E-state index in [2.05, 4.69) is 0 Å². The number of hydrogen-bond donors (Lipinski definition) is 1. The summed E-state index contributed by atoms with van der Waals surface area (Å²) in [6.45, 7) is 5.57. The predicted octanol–water partition coefficient (Wildman–Crippen LogP) is 2.29. The number of aliphatic hydroxyl groups is 1. The predicted molar refractivity (Wildman–Crippen MR) is 86.0 cm³/mol. The number of aliphatic hydroxyl groups excluding tert-OH is 1. The smallest absolute Gasteiger partial charge is 0.338 e. The first-order valence-electron chi connectivity index (χ1n) is 8.12. The summed E-state index contributed by atoms with van der Waals surface area (Å²) in [6.07, 6.45) is 0.554. The van der Waals surface area contributed by atoms with Gasteiger partial charge < -0.3 is 19.3 Å². The molecule has 0 unspecified atom stereocenters. The first kappa shape index (κ1) is 15.9. The van der Waals surface area contributed by atoms with Crippen molar-refractivity contribution in [2.45, 2.75) is 39.3 Å². The molecule has 0 bridgehead atoms. The fourth-order valence-electron chi connectivity index (χ4n) is 3.66. The van der Waals surface area contributed by atoms with Crippen molar-refractivity contribution in [1.29, 1.82) is 0 Å². The maximum absolute atomic E-state index is 12.3. The third kappa shape index (κ3) is 2.28. The second kappa shape index (κ2) is 5.46. The summed E-state index contributed by atoms with van der Waals surface area (Å²) in [5, 5.41) is 10.7. The van der Waals surface area contributed by atoms with E-state index in [0.29, 0.717) is 5.57 Å². The van der Waals surface area contributed by atoms with E-state index in [1.165, 1.54) is 12.3 Å². The molecule has 1 aromatic carbocycles. The average molecular weight is 342 g/mol. The molecule has 4 rings (SSSR count). The lowest BCUT2D eigenvalue weighted by Gasteiger charge is -2.13. The highest BCUT2D eigenvalue weighted by Gasteiger charge is 2.52. The zero-order valence-electron chi connectivity index (χ0n) is 14.1. The van der Waals surface area contributed by atoms with E-state index in [4.69, 9.17) is 14.2 Å². The van der Waals surface area contributed by atoms with Crippen LogP contribution >= 0.6 is 0 Å². The van der Waals surface area contributed by atoms with Crippen LogP contribution < -0.4 is 0 Å². The van der Waals surface area contributed by atoms with Gasteiger partial charge in [-0.15, -0.1) is 0 Å². The van der Waals surface area contributed by atoms with Crippen molar-refractivity contribution in [1.82, 2.24) is 0 Å². The van der Waals surface area contributed by atoms with Gasteiger partial charge in [0.05, 0.1) is 23.9 Å². The second-order valence-corrected chi connectivity index (χ2v) is 6.64. The van der Waals surface area contributed by atoms with Crippen LogP contribution in [0.5, 0.6) is 0 Å². The van der Waals surface area contributed by atoms with Crippen LogP contribution in [0.15, 0.2) is 35.6 Å². The third-order valence-corrected chi connectivity index (χ3v) is 5.18. The Labute approximate surface area is 144 Å². The second-order valence-electron chi connectivity index (χ2n) is 6.64. The zero-order valence-corrected chi connectivity index (χ0v) is 14.1. The topological polar surface area (TPSA) is 82.1 Å². The van der Waals surface area contributed by atoms with Crippen LogP contribution in [0.2, 0.25) is 0 Å². The Balaban J connectivity index is 1.65. The van der Waals surface area contributed by atoms with Gasteiger partial charge >= 0.3 is 11.9 Å². The van der Waals surface area contributed by atoms with Gasteiger partial charge in [0.1, 0.15) is 6.10 Å². The van der Waals surface area contributed by atoms with Gasteiger partial charge in [-0.25, -0.2) is 9.59 Å². The van der Waals surface area contributed by atoms with Gasteiger partial charge in [-0.05, 0) is 37.5 Å². The maximum Gasteiger partial charge on any atom is 0.338 e. The molecule has 1 N–H and O–H groups in total. The first-order valence-corrected chi connectivity index (χ1v) is 8.12. The lowest BCUT2D eigenvalue weighted by atomic mass is 9.95. The number of hydrogen-bond acceptors (Lipinski definition) is 6. The minimum atomic E-state index is -0.864. The molecule has 1 aromatic rings. The van der Waals surface area contributed by atoms with Gasteiger partial charge in [0.15, 0.2) is 0 Å². The number of ether oxygens (including phenoxy) is 3. The molecule has 1 aliphatic carbocycles. The number of benzene rings is 1. The molecule has 0 saturated carbocycles. The molecule has 0 amide bonds. The number of esters is 2. The molecule has 6 nitrogen and oxygen atoms in total. The Morgan fingerprint density at radius 3 is 2.56 bits per heavy atom. The van der Waals surface area contributed by atoms with Crippen LogP contribution in [0.4, 0.5) is 0 Å². The summed E-state index contributed by atoms with van der Waals surface area (Å²) >= 11 is 0. The van der Waals surface area contributed by atoms with E-state index < -0.39 is 36.4 Å². The monoisotopic (exact) mass is 342 g/mol. The highest BCUT2D eigenvalue weighted by molar-refractivity contribution is 5.92. The first-order chi connectivity index (χ1) is 11.9. The quantitative estimate of drug-likeness (QED) is 0.504. The van der Waals surface area contributed by atoms with Crippen LogP contribution in [0.1, 0.15) is 41.4 Å². The van der Waals surface area contributed by atoms with Gasteiger partial charge in [0.25, 0.3) is 6.29 Å². The molecule has 2 aliphatic heterocycles. The van der Waals surface area contributed by atoms with E-state index in [-0.39, 0.29) is 5.57 Å². The van der Waals surface area contributed by atoms with Crippen LogP contribution in [0, 0.1) is 19.8 Å². The summed E-state index contributed by atoms with van der Waals surface area (Å²) in [6, 6.07) is 3.82. The Hall–Kier alpha value is -2.60. The largest absolute Gasteiger partial charge is 0.458 e. The van der Waals surface area contributed by atoms with E-state index in [1.54, 1.807) is 6.92 Å². The average Bonchev–Trinajstić information content (AvgIpc) is 3.15. The van der Waals surface area contributed by atoms with Crippen LogP contribution in [0.25, 0.3) is 0 Å². The molecular formula is C19H18O6. The van der Waals surface area contributed by atoms with Crippen molar-refractivity contribution in [2.75, 3.05) is 0 Å². The lowest BCUT2D eigenvalue weighted by molar-refractivity contribution is -0.152. The molecule has 0 aromatic heterocycles. The van der Waals surface area contributed by atoms with Gasteiger partial charge in [-0.3, -0.25) is 0 Å². The molecule has 6 heteroatoms. The minimum absolute atomic E-state index is 0.250. The molecule has 3 aliphatic rings. The number of carbonyl (C=O) groups excluding carboxylic acids is 2. The van der Waals surface area contributed by atoms with Crippen molar-refractivity contribution < 1.29 is 28.9 Å². The van der Waals surface area contributed by atoms with Crippen LogP contribution in [-0.4, -0.2) is 23.3 Å². The van der Waals surface area contributed by atoms with Crippen LogP contribution in [-0.2, 0) is 23.8 Å². The van der Waals surface area contributed by atoms with Crippen molar-refractivity contribution in [3.05, 3.63) is 57.9 Å². The summed E-state index contributed by atoms with van der Waals surface area (Å²) in [5.74, 6) is -1.49. The molecule has 1 saturated heterocycles. The third-order valence-electron chi connectivity index (χ3n) is 5.18. The Morgan fingerprint density at radius 1 is 1.12 bits per heavy atom. The van der Waals surface area contributed by atoms with Gasteiger partial charge in [-0.1, -0.05) is 12.1 Å². The molecule has 25 heavy (non-hydrogen) atoms. The van der Waals surface area contributed by atoms with Crippen molar-refractivity contribution in [3.8, 4) is 0 Å². The minimum Gasteiger partial charge on any atom is -0.458 e. The number of cyclic esters (lactones) is 1. The highest BCUT2D eigenvalue weighted by atomic mass is 16.7. The van der Waals surface area contributed by atoms with E-state index >= 15 is 0 Å². The number of aryl methyl sites for hydroxylation is 1. The molecular weight excluding hydrogens is 324 g/mol. The zero-order chi connectivity index (χ0) is 17.9. The highest BCUT2D eigenvalue weighted by Crippen LogP contribution is 2.54. The van der Waals surface area contributed by atoms with E-state index in [0.717, 1.165) is 22.3 Å². The fraction of sp³-hybridized carbons (Fsp3) is 0.368. The summed E-state index contributed by atoms with van der Waals surface area (Å²) < 4.78 is 15.9. The maximum atomic E-state index is 12.3. The fourth-order valence-corrected chi connectivity index (χ4v) is 3.66. The van der Waals surface area contributed by atoms with Crippen molar-refractivity contribution >= 4 is 11.9 Å². The molecule has 4 atom stereocenters.